The first-order chi connectivity index (χ1) is 11.8. The summed E-state index contributed by atoms with van der Waals surface area (Å²) in [4.78, 5) is 12.1. The van der Waals surface area contributed by atoms with Crippen LogP contribution in [0, 0.1) is 0 Å². The quantitative estimate of drug-likeness (QED) is 0.789. The van der Waals surface area contributed by atoms with E-state index in [1.54, 1.807) is 0 Å². The van der Waals surface area contributed by atoms with E-state index in [0.29, 0.717) is 24.0 Å². The molecule has 0 saturated heterocycles. The number of benzene rings is 2. The van der Waals surface area contributed by atoms with Crippen molar-refractivity contribution in [1.82, 2.24) is 5.32 Å². The molecule has 0 amide bonds. The Balaban J connectivity index is 1.70. The maximum absolute atomic E-state index is 12.1. The lowest BCUT2D eigenvalue weighted by atomic mass is 9.93. The fourth-order valence-corrected chi connectivity index (χ4v) is 2.69. The van der Waals surface area contributed by atoms with Crippen LogP contribution >= 0.6 is 0 Å². The number of nitrogens with one attached hydrogen (secondary N) is 1. The minimum atomic E-state index is -0.372. The van der Waals surface area contributed by atoms with Crippen molar-refractivity contribution < 1.29 is 14.3 Å². The number of hydrogen-bond acceptors (Lipinski definition) is 4. The van der Waals surface area contributed by atoms with E-state index >= 15 is 0 Å². The van der Waals surface area contributed by atoms with Gasteiger partial charge in [-0.25, -0.2) is 4.79 Å². The lowest BCUT2D eigenvalue weighted by Crippen LogP contribution is -2.34. The van der Waals surface area contributed by atoms with Crippen molar-refractivity contribution in [2.24, 2.45) is 0 Å². The van der Waals surface area contributed by atoms with Crippen molar-refractivity contribution in [3.8, 4) is 5.75 Å². The number of carbonyl (C=O) groups is 1. The molecule has 2 aromatic carbocycles. The van der Waals surface area contributed by atoms with Crippen LogP contribution in [0.1, 0.15) is 40.7 Å². The third-order valence-corrected chi connectivity index (χ3v) is 4.39. The van der Waals surface area contributed by atoms with Gasteiger partial charge in [0.05, 0.1) is 7.11 Å². The lowest BCUT2D eigenvalue weighted by molar-refractivity contribution is 0.0595. The second-order valence-corrected chi connectivity index (χ2v) is 6.11. The summed E-state index contributed by atoms with van der Waals surface area (Å²) in [5.74, 6) is 0.182. The van der Waals surface area contributed by atoms with Gasteiger partial charge in [-0.2, -0.15) is 0 Å². The second-order valence-electron chi connectivity index (χ2n) is 6.11. The molecule has 0 heterocycles. The van der Waals surface area contributed by atoms with Crippen LogP contribution in [0.2, 0.25) is 0 Å². The van der Waals surface area contributed by atoms with Crippen LogP contribution in [0.4, 0.5) is 0 Å². The third kappa shape index (κ3) is 4.15. The van der Waals surface area contributed by atoms with Gasteiger partial charge < -0.3 is 14.8 Å². The average Bonchev–Trinajstić information content (AvgIpc) is 2.59. The summed E-state index contributed by atoms with van der Waals surface area (Å²) < 4.78 is 10.7. The van der Waals surface area contributed by atoms with Crippen molar-refractivity contribution in [2.75, 3.05) is 7.11 Å². The molecular formula is C20H23NO3. The summed E-state index contributed by atoms with van der Waals surface area (Å²) in [6.45, 7) is 1.18. The number of rotatable bonds is 7. The summed E-state index contributed by atoms with van der Waals surface area (Å²) in [7, 11) is 1.39. The molecule has 1 aliphatic rings. The Morgan fingerprint density at radius 2 is 1.92 bits per heavy atom. The van der Waals surface area contributed by atoms with E-state index in [2.05, 4.69) is 5.32 Å². The van der Waals surface area contributed by atoms with Crippen LogP contribution in [0.25, 0.3) is 0 Å². The average molecular weight is 325 g/mol. The number of hydrogen-bond donors (Lipinski definition) is 1. The zero-order valence-corrected chi connectivity index (χ0v) is 14.0. The highest BCUT2D eigenvalue weighted by molar-refractivity contribution is 5.92. The Bertz CT molecular complexity index is 681. The first kappa shape index (κ1) is 16.5. The van der Waals surface area contributed by atoms with Crippen molar-refractivity contribution >= 4 is 5.97 Å². The Morgan fingerprint density at radius 1 is 1.12 bits per heavy atom. The monoisotopic (exact) mass is 325 g/mol. The predicted molar refractivity (Wildman–Crippen MR) is 93.0 cm³/mol. The highest BCUT2D eigenvalue weighted by Crippen LogP contribution is 2.24. The zero-order chi connectivity index (χ0) is 16.8. The summed E-state index contributed by atoms with van der Waals surface area (Å²) in [5, 5.41) is 3.50. The molecule has 126 valence electrons. The van der Waals surface area contributed by atoms with E-state index in [1.165, 1.54) is 26.4 Å². The first-order valence-electron chi connectivity index (χ1n) is 8.37. The Morgan fingerprint density at radius 3 is 2.58 bits per heavy atom. The molecule has 1 N–H and O–H groups in total. The second kappa shape index (κ2) is 7.97. The lowest BCUT2D eigenvalue weighted by Gasteiger charge is -2.26. The first-order valence-corrected chi connectivity index (χ1v) is 8.37. The highest BCUT2D eigenvalue weighted by atomic mass is 16.5. The van der Waals surface area contributed by atoms with Gasteiger partial charge in [0, 0.05) is 12.6 Å². The summed E-state index contributed by atoms with van der Waals surface area (Å²) in [6.07, 6.45) is 3.78. The van der Waals surface area contributed by atoms with Crippen molar-refractivity contribution in [3.05, 3.63) is 65.2 Å². The molecule has 4 heteroatoms. The molecule has 3 rings (SSSR count). The molecule has 0 aliphatic heterocycles. The van der Waals surface area contributed by atoms with Crippen LogP contribution in [0.5, 0.6) is 5.75 Å². The van der Waals surface area contributed by atoms with E-state index in [4.69, 9.17) is 9.47 Å². The van der Waals surface area contributed by atoms with Crippen molar-refractivity contribution in [1.29, 1.82) is 0 Å². The van der Waals surface area contributed by atoms with E-state index in [1.807, 2.05) is 48.5 Å². The number of carbonyl (C=O) groups excluding carboxylic acids is 1. The van der Waals surface area contributed by atoms with E-state index in [9.17, 15) is 4.79 Å². The molecule has 0 radical (unpaired) electrons. The number of esters is 1. The third-order valence-electron chi connectivity index (χ3n) is 4.39. The number of methoxy groups -OCH3 is 1. The molecule has 0 unspecified atom stereocenters. The van der Waals surface area contributed by atoms with E-state index < -0.39 is 0 Å². The van der Waals surface area contributed by atoms with Crippen molar-refractivity contribution in [2.45, 2.75) is 38.5 Å². The van der Waals surface area contributed by atoms with Gasteiger partial charge in [-0.3, -0.25) is 0 Å². The van der Waals surface area contributed by atoms with Gasteiger partial charge in [0.2, 0.25) is 0 Å². The van der Waals surface area contributed by atoms with Crippen molar-refractivity contribution in [3.63, 3.8) is 0 Å². The van der Waals surface area contributed by atoms with Crippen LogP contribution < -0.4 is 10.1 Å². The molecular weight excluding hydrogens is 302 g/mol. The minimum Gasteiger partial charge on any atom is -0.488 e. The Kier molecular flexibility index (Phi) is 5.49. The maximum atomic E-state index is 12.1. The maximum Gasteiger partial charge on any atom is 0.341 e. The Labute approximate surface area is 142 Å². The van der Waals surface area contributed by atoms with E-state index in [0.717, 1.165) is 17.7 Å². The van der Waals surface area contributed by atoms with Gasteiger partial charge in [0.15, 0.2) is 0 Å². The topological polar surface area (TPSA) is 47.6 Å². The molecule has 1 aliphatic carbocycles. The smallest absolute Gasteiger partial charge is 0.341 e. The SMILES string of the molecule is COC(=O)c1cc(CNC2CCC2)ccc1OCc1ccccc1. The van der Waals surface area contributed by atoms with Crippen LogP contribution in [0.3, 0.4) is 0 Å². The van der Waals surface area contributed by atoms with Gasteiger partial charge >= 0.3 is 5.97 Å². The minimum absolute atomic E-state index is 0.372. The normalized spacial score (nSPS) is 14.0. The van der Waals surface area contributed by atoms with Crippen LogP contribution in [-0.4, -0.2) is 19.1 Å². The Hall–Kier alpha value is -2.33. The fourth-order valence-electron chi connectivity index (χ4n) is 2.69. The standard InChI is InChI=1S/C20H23NO3/c1-23-20(22)18-12-16(13-21-17-8-5-9-17)10-11-19(18)24-14-15-6-3-2-4-7-15/h2-4,6-7,10-12,17,21H,5,8-9,13-14H2,1H3. The van der Waals surface area contributed by atoms with Gasteiger partial charge in [0.25, 0.3) is 0 Å². The van der Waals surface area contributed by atoms with Gasteiger partial charge in [-0.1, -0.05) is 42.8 Å². The molecule has 0 atom stereocenters. The largest absolute Gasteiger partial charge is 0.488 e. The predicted octanol–water partition coefficient (Wildman–Crippen LogP) is 3.69. The van der Waals surface area contributed by atoms with Gasteiger partial charge in [0.1, 0.15) is 17.9 Å². The molecule has 1 saturated carbocycles. The molecule has 0 spiro atoms. The van der Waals surface area contributed by atoms with Gasteiger partial charge in [-0.05, 0) is 36.1 Å². The summed E-state index contributed by atoms with van der Waals surface area (Å²) in [5.41, 5.74) is 2.60. The molecule has 0 bridgehead atoms. The summed E-state index contributed by atoms with van der Waals surface area (Å²) >= 11 is 0. The van der Waals surface area contributed by atoms with E-state index in [-0.39, 0.29) is 5.97 Å². The van der Waals surface area contributed by atoms with Crippen LogP contribution in [0.15, 0.2) is 48.5 Å². The number of ether oxygens (including phenoxy) is 2. The molecule has 24 heavy (non-hydrogen) atoms. The molecule has 2 aromatic rings. The fraction of sp³-hybridized carbons (Fsp3) is 0.350. The van der Waals surface area contributed by atoms with Crippen LogP contribution in [-0.2, 0) is 17.9 Å². The van der Waals surface area contributed by atoms with Gasteiger partial charge in [-0.15, -0.1) is 0 Å². The molecule has 4 nitrogen and oxygen atoms in total. The molecule has 0 aromatic heterocycles. The molecule has 1 fully saturated rings. The highest BCUT2D eigenvalue weighted by Gasteiger charge is 2.18. The summed E-state index contributed by atoms with van der Waals surface area (Å²) in [6, 6.07) is 16.2. The zero-order valence-electron chi connectivity index (χ0n) is 14.0.